The van der Waals surface area contributed by atoms with Crippen molar-refractivity contribution in [3.63, 3.8) is 0 Å². The molecular weight excluding hydrogens is 580 g/mol. The molecule has 0 aromatic heterocycles. The third-order valence-corrected chi connectivity index (χ3v) is 7.70. The molecule has 0 spiro atoms. The minimum absolute atomic E-state index is 0.190. The number of hydrogen-bond acceptors (Lipinski definition) is 4. The highest BCUT2D eigenvalue weighted by Crippen LogP contribution is 2.10. The molecule has 268 valence electrons. The molecule has 0 aromatic carbocycles. The first kappa shape index (κ1) is 44.6. The van der Waals surface area contributed by atoms with Gasteiger partial charge >= 0.3 is 5.97 Å². The van der Waals surface area contributed by atoms with Crippen molar-refractivity contribution in [3.05, 3.63) is 85.1 Å². The number of ether oxygens (including phenoxy) is 2. The number of carbonyl (C=O) groups is 1. The summed E-state index contributed by atoms with van der Waals surface area (Å²) in [5.74, 6) is -0.232. The van der Waals surface area contributed by atoms with Gasteiger partial charge in [0.15, 0.2) is 0 Å². The lowest BCUT2D eigenvalue weighted by Gasteiger charge is -2.15. The molecule has 0 fully saturated rings. The molecule has 4 heteroatoms. The largest absolute Gasteiger partial charge is 0.457 e. The fourth-order valence-corrected chi connectivity index (χ4v) is 4.84. The lowest BCUT2D eigenvalue weighted by molar-refractivity contribution is -0.154. The molecule has 0 radical (unpaired) electrons. The van der Waals surface area contributed by atoms with Gasteiger partial charge in [-0.15, -0.1) is 0 Å². The first-order chi connectivity index (χ1) is 23.2. The Hall–Kier alpha value is -2.43. The third kappa shape index (κ3) is 37.9. The van der Waals surface area contributed by atoms with Crippen LogP contribution in [-0.2, 0) is 14.3 Å². The number of aliphatic hydroxyl groups is 1. The van der Waals surface area contributed by atoms with Crippen LogP contribution in [0.2, 0.25) is 0 Å². The number of esters is 1. The molecule has 0 amide bonds. The van der Waals surface area contributed by atoms with Crippen molar-refractivity contribution < 1.29 is 19.4 Å². The summed E-state index contributed by atoms with van der Waals surface area (Å²) in [5, 5.41) is 9.55. The van der Waals surface area contributed by atoms with Crippen LogP contribution in [0.1, 0.15) is 155 Å². The predicted octanol–water partition coefficient (Wildman–Crippen LogP) is 12.4. The van der Waals surface area contributed by atoms with Gasteiger partial charge in [-0.25, -0.2) is 0 Å². The molecule has 1 unspecified atom stereocenters. The van der Waals surface area contributed by atoms with Crippen molar-refractivity contribution >= 4 is 5.97 Å². The Morgan fingerprint density at radius 2 is 0.957 bits per heavy atom. The first-order valence-electron chi connectivity index (χ1n) is 19.2. The molecule has 0 aliphatic heterocycles. The first-order valence-corrected chi connectivity index (χ1v) is 19.2. The van der Waals surface area contributed by atoms with Gasteiger partial charge < -0.3 is 14.6 Å². The topological polar surface area (TPSA) is 55.8 Å². The van der Waals surface area contributed by atoms with E-state index in [-0.39, 0.29) is 19.2 Å². The van der Waals surface area contributed by atoms with Crippen molar-refractivity contribution in [1.29, 1.82) is 0 Å². The maximum absolute atomic E-state index is 12.2. The third-order valence-electron chi connectivity index (χ3n) is 7.70. The maximum atomic E-state index is 12.2. The number of rotatable bonds is 34. The van der Waals surface area contributed by atoms with E-state index in [0.29, 0.717) is 13.0 Å². The summed E-state index contributed by atoms with van der Waals surface area (Å²) in [6.45, 7) is 5.14. The monoisotopic (exact) mass is 653 g/mol. The predicted molar refractivity (Wildman–Crippen MR) is 205 cm³/mol. The standard InChI is InChI=1S/C43H72O4/c1-3-5-7-9-11-13-15-17-18-19-20-21-22-23-24-25-26-27-28-30-32-34-36-38-43(45)47-42(40-44)41-46-39-37-35-33-31-29-16-14-12-10-8-6-4-2/h5,7,10-13,17-18,20-21,23-24,26-27,42,44H,3-4,6,8-9,14-16,19,22,25,28-41H2,1-2H3/b7-5-,12-10-,13-11-,18-17-,21-20-,24-23-,27-26-. The quantitative estimate of drug-likeness (QED) is 0.0427. The van der Waals surface area contributed by atoms with Crippen LogP contribution in [0.25, 0.3) is 0 Å². The second-order valence-electron chi connectivity index (χ2n) is 12.3. The van der Waals surface area contributed by atoms with Gasteiger partial charge in [-0.2, -0.15) is 0 Å². The van der Waals surface area contributed by atoms with E-state index < -0.39 is 6.10 Å². The van der Waals surface area contributed by atoms with Gasteiger partial charge in [-0.05, 0) is 83.5 Å². The zero-order valence-corrected chi connectivity index (χ0v) is 30.5. The number of carbonyl (C=O) groups excluding carboxylic acids is 1. The fourth-order valence-electron chi connectivity index (χ4n) is 4.84. The summed E-state index contributed by atoms with van der Waals surface area (Å²) < 4.78 is 11.1. The second-order valence-corrected chi connectivity index (χ2v) is 12.3. The van der Waals surface area contributed by atoms with Gasteiger partial charge in [0.1, 0.15) is 6.10 Å². The Kier molecular flexibility index (Phi) is 37.7. The number of hydrogen-bond donors (Lipinski definition) is 1. The second kappa shape index (κ2) is 39.7. The van der Waals surface area contributed by atoms with Crippen LogP contribution in [-0.4, -0.2) is 37.0 Å². The molecule has 0 aromatic rings. The minimum atomic E-state index is -0.555. The molecule has 0 aliphatic rings. The van der Waals surface area contributed by atoms with E-state index in [1.54, 1.807) is 0 Å². The van der Waals surface area contributed by atoms with E-state index in [1.165, 1.54) is 51.4 Å². The molecule has 1 N–H and O–H groups in total. The van der Waals surface area contributed by atoms with E-state index in [2.05, 4.69) is 98.9 Å². The molecule has 0 aliphatic carbocycles. The smallest absolute Gasteiger partial charge is 0.306 e. The maximum Gasteiger partial charge on any atom is 0.306 e. The highest BCUT2D eigenvalue weighted by atomic mass is 16.6. The molecule has 0 saturated heterocycles. The summed E-state index contributed by atoms with van der Waals surface area (Å²) >= 11 is 0. The van der Waals surface area contributed by atoms with Gasteiger partial charge in [0.25, 0.3) is 0 Å². The Morgan fingerprint density at radius 3 is 1.47 bits per heavy atom. The van der Waals surface area contributed by atoms with Gasteiger partial charge in [-0.1, -0.05) is 150 Å². The molecule has 1 atom stereocenters. The van der Waals surface area contributed by atoms with E-state index in [9.17, 15) is 9.90 Å². The fraction of sp³-hybridized carbons (Fsp3) is 0.651. The van der Waals surface area contributed by atoms with E-state index in [1.807, 2.05) is 0 Å². The molecule has 0 rings (SSSR count). The van der Waals surface area contributed by atoms with Crippen LogP contribution in [0.5, 0.6) is 0 Å². The zero-order valence-electron chi connectivity index (χ0n) is 30.5. The molecular formula is C43H72O4. The molecule has 0 heterocycles. The average Bonchev–Trinajstić information content (AvgIpc) is 3.08. The van der Waals surface area contributed by atoms with E-state index in [4.69, 9.17) is 9.47 Å². The van der Waals surface area contributed by atoms with Crippen LogP contribution in [0.4, 0.5) is 0 Å². The molecule has 0 bridgehead atoms. The summed E-state index contributed by atoms with van der Waals surface area (Å²) in [4.78, 5) is 12.2. The Balaban J connectivity index is 3.58. The van der Waals surface area contributed by atoms with Gasteiger partial charge in [-0.3, -0.25) is 4.79 Å². The summed E-state index contributed by atoms with van der Waals surface area (Å²) in [5.41, 5.74) is 0. The summed E-state index contributed by atoms with van der Waals surface area (Å²) in [6, 6.07) is 0. The molecule has 0 saturated carbocycles. The number of allylic oxidation sites excluding steroid dienone is 14. The Labute approximate surface area is 290 Å². The van der Waals surface area contributed by atoms with Crippen molar-refractivity contribution in [3.8, 4) is 0 Å². The zero-order chi connectivity index (χ0) is 34.1. The Morgan fingerprint density at radius 1 is 0.532 bits per heavy atom. The Bertz CT molecular complexity index is 861. The van der Waals surface area contributed by atoms with Crippen LogP contribution in [0.15, 0.2) is 85.1 Å². The number of unbranched alkanes of at least 4 members (excludes halogenated alkanes) is 12. The van der Waals surface area contributed by atoms with Crippen LogP contribution in [0, 0.1) is 0 Å². The van der Waals surface area contributed by atoms with Gasteiger partial charge in [0.2, 0.25) is 0 Å². The van der Waals surface area contributed by atoms with Crippen molar-refractivity contribution in [2.24, 2.45) is 0 Å². The highest BCUT2D eigenvalue weighted by Gasteiger charge is 2.13. The van der Waals surface area contributed by atoms with Crippen LogP contribution in [0.3, 0.4) is 0 Å². The van der Waals surface area contributed by atoms with Crippen molar-refractivity contribution in [2.75, 3.05) is 19.8 Å². The highest BCUT2D eigenvalue weighted by molar-refractivity contribution is 5.69. The molecule has 4 nitrogen and oxygen atoms in total. The van der Waals surface area contributed by atoms with E-state index in [0.717, 1.165) is 83.5 Å². The molecule has 47 heavy (non-hydrogen) atoms. The minimum Gasteiger partial charge on any atom is -0.457 e. The summed E-state index contributed by atoms with van der Waals surface area (Å²) in [6.07, 6.45) is 54.8. The lowest BCUT2D eigenvalue weighted by Crippen LogP contribution is -2.27. The SMILES string of the molecule is CC/C=C\C/C=C\C/C=C\C/C=C\C/C=C\C/C=C\CCCCCCC(=O)OC(CO)COCCCCCCCC/C=C\CCCC. The van der Waals surface area contributed by atoms with Gasteiger partial charge in [0.05, 0.1) is 13.2 Å². The van der Waals surface area contributed by atoms with Crippen LogP contribution < -0.4 is 0 Å². The van der Waals surface area contributed by atoms with Crippen LogP contribution >= 0.6 is 0 Å². The van der Waals surface area contributed by atoms with E-state index >= 15 is 0 Å². The average molecular weight is 653 g/mol. The number of aliphatic hydroxyl groups excluding tert-OH is 1. The normalized spacial score (nSPS) is 13.3. The lowest BCUT2D eigenvalue weighted by atomic mass is 10.1. The summed E-state index contributed by atoms with van der Waals surface area (Å²) in [7, 11) is 0. The van der Waals surface area contributed by atoms with Crippen molar-refractivity contribution in [1.82, 2.24) is 0 Å². The van der Waals surface area contributed by atoms with Crippen molar-refractivity contribution in [2.45, 2.75) is 161 Å². The van der Waals surface area contributed by atoms with Gasteiger partial charge in [0, 0.05) is 13.0 Å².